The van der Waals surface area contributed by atoms with E-state index in [4.69, 9.17) is 10.6 Å². The Morgan fingerprint density at radius 1 is 1.24 bits per heavy atom. The average molecular weight is 348 g/mol. The lowest BCUT2D eigenvalue weighted by Crippen LogP contribution is -2.23. The van der Waals surface area contributed by atoms with E-state index in [1.165, 1.54) is 44.1 Å². The molecule has 0 bridgehead atoms. The Bertz CT molecular complexity index is 593. The van der Waals surface area contributed by atoms with Crippen molar-refractivity contribution in [2.45, 2.75) is 45.6 Å². The first-order valence-corrected chi connectivity index (χ1v) is 8.34. The minimum Gasteiger partial charge on any atom is -0.473 e. The fourth-order valence-electron chi connectivity index (χ4n) is 2.68. The number of nitrogens with zero attached hydrogens (tertiary/aromatic N) is 3. The van der Waals surface area contributed by atoms with Crippen LogP contribution < -0.4 is 10.6 Å². The molecule has 2 aromatic rings. The lowest BCUT2D eigenvalue weighted by atomic mass is 10.1. The molecule has 1 fully saturated rings. The quantitative estimate of drug-likeness (QED) is 0.663. The second-order valence-corrected chi connectivity index (χ2v) is 6.01. The predicted octanol–water partition coefficient (Wildman–Crippen LogP) is 3.32. The van der Waals surface area contributed by atoms with Crippen LogP contribution in [0.1, 0.15) is 44.4 Å². The second kappa shape index (κ2) is 10.9. The molecule has 1 saturated carbocycles. The van der Waals surface area contributed by atoms with Gasteiger partial charge in [-0.3, -0.25) is 9.52 Å². The van der Waals surface area contributed by atoms with Crippen molar-refractivity contribution < 1.29 is 9.57 Å². The van der Waals surface area contributed by atoms with Gasteiger partial charge in [0.05, 0.1) is 7.11 Å². The molecule has 2 N–H and O–H groups in total. The largest absolute Gasteiger partial charge is 0.473 e. The molecule has 1 aliphatic rings. The van der Waals surface area contributed by atoms with Gasteiger partial charge in [-0.1, -0.05) is 37.8 Å². The second-order valence-electron chi connectivity index (χ2n) is 6.01. The minimum absolute atomic E-state index is 0. The van der Waals surface area contributed by atoms with E-state index < -0.39 is 0 Å². The Labute approximate surface area is 151 Å². The summed E-state index contributed by atoms with van der Waals surface area (Å²) in [5, 5.41) is 5.59. The van der Waals surface area contributed by atoms with E-state index in [2.05, 4.69) is 40.3 Å². The maximum Gasteiger partial charge on any atom is 0.233 e. The van der Waals surface area contributed by atoms with E-state index in [0.29, 0.717) is 6.10 Å². The standard InChI is InChI=1S/C16H20N2O.C2H8N2O.CH4/c1-18-14(11-13-7-3-2-4-8-13)12-16(17-18)19-15-9-5-6-10-15;1-4(3)5-2;/h2-4,7-8,12,15H,5-6,9-11H2,1H3;3H2,1-2H3;1H4. The van der Waals surface area contributed by atoms with Gasteiger partial charge >= 0.3 is 0 Å². The third-order valence-corrected chi connectivity index (χ3v) is 4.06. The van der Waals surface area contributed by atoms with Crippen molar-refractivity contribution in [3.05, 3.63) is 47.7 Å². The lowest BCUT2D eigenvalue weighted by Gasteiger charge is -2.08. The first-order valence-electron chi connectivity index (χ1n) is 8.34. The summed E-state index contributed by atoms with van der Waals surface area (Å²) >= 11 is 0. The smallest absolute Gasteiger partial charge is 0.233 e. The van der Waals surface area contributed by atoms with Crippen molar-refractivity contribution in [1.82, 2.24) is 15.0 Å². The first kappa shape index (κ1) is 21.2. The molecule has 0 aliphatic heterocycles. The maximum absolute atomic E-state index is 5.94. The highest BCUT2D eigenvalue weighted by atomic mass is 16.7. The summed E-state index contributed by atoms with van der Waals surface area (Å²) < 4.78 is 7.87. The molecular weight excluding hydrogens is 316 g/mol. The van der Waals surface area contributed by atoms with Crippen molar-refractivity contribution in [3.63, 3.8) is 0 Å². The van der Waals surface area contributed by atoms with Crippen molar-refractivity contribution in [3.8, 4) is 5.88 Å². The Morgan fingerprint density at radius 3 is 2.40 bits per heavy atom. The number of rotatable bonds is 5. The zero-order valence-electron chi connectivity index (χ0n) is 14.8. The summed E-state index contributed by atoms with van der Waals surface area (Å²) in [4.78, 5) is 4.36. The first-order chi connectivity index (χ1) is 11.6. The van der Waals surface area contributed by atoms with E-state index >= 15 is 0 Å². The molecule has 0 saturated heterocycles. The number of nitrogens with two attached hydrogens (primary N) is 1. The number of benzene rings is 1. The summed E-state index contributed by atoms with van der Waals surface area (Å²) in [7, 11) is 5.10. The van der Waals surface area contributed by atoms with Gasteiger partial charge in [-0.2, -0.15) is 0 Å². The zero-order chi connectivity index (χ0) is 17.4. The monoisotopic (exact) mass is 348 g/mol. The van der Waals surface area contributed by atoms with Gasteiger partial charge in [0.2, 0.25) is 5.88 Å². The van der Waals surface area contributed by atoms with Crippen LogP contribution in [0.15, 0.2) is 36.4 Å². The zero-order valence-corrected chi connectivity index (χ0v) is 14.8. The van der Waals surface area contributed by atoms with Crippen molar-refractivity contribution in [1.29, 1.82) is 0 Å². The topological polar surface area (TPSA) is 65.5 Å². The minimum atomic E-state index is 0. The molecule has 0 radical (unpaired) electrons. The predicted molar refractivity (Wildman–Crippen MR) is 101 cm³/mol. The van der Waals surface area contributed by atoms with Gasteiger partial charge in [-0.05, 0) is 31.2 Å². The van der Waals surface area contributed by atoms with E-state index in [9.17, 15) is 0 Å². The Kier molecular flexibility index (Phi) is 9.20. The third-order valence-electron chi connectivity index (χ3n) is 4.06. The Hall–Kier alpha value is -1.89. The summed E-state index contributed by atoms with van der Waals surface area (Å²) in [5.74, 6) is 5.68. The van der Waals surface area contributed by atoms with Gasteiger partial charge in [-0.15, -0.1) is 10.3 Å². The van der Waals surface area contributed by atoms with Crippen LogP contribution in [0.25, 0.3) is 0 Å². The summed E-state index contributed by atoms with van der Waals surface area (Å²) in [6.07, 6.45) is 6.19. The van der Waals surface area contributed by atoms with Gasteiger partial charge in [0, 0.05) is 32.3 Å². The summed E-state index contributed by atoms with van der Waals surface area (Å²) in [5.41, 5.74) is 2.50. The Balaban J connectivity index is 0.000000462. The lowest BCUT2D eigenvalue weighted by molar-refractivity contribution is -0.111. The number of hydrazine groups is 1. The highest BCUT2D eigenvalue weighted by Gasteiger charge is 2.18. The van der Waals surface area contributed by atoms with Gasteiger partial charge in [-0.25, -0.2) is 5.84 Å². The van der Waals surface area contributed by atoms with Gasteiger partial charge in [0.15, 0.2) is 0 Å². The SMILES string of the molecule is C.CON(C)N.Cn1nc(OC2CCCC2)cc1Cc1ccccc1. The highest BCUT2D eigenvalue weighted by Crippen LogP contribution is 2.24. The van der Waals surface area contributed by atoms with E-state index in [1.54, 1.807) is 7.05 Å². The molecule has 140 valence electrons. The number of hydrogen-bond donors (Lipinski definition) is 1. The highest BCUT2D eigenvalue weighted by molar-refractivity contribution is 5.25. The van der Waals surface area contributed by atoms with Crippen LogP contribution in [0.2, 0.25) is 0 Å². The van der Waals surface area contributed by atoms with Crippen LogP contribution in [0, 0.1) is 0 Å². The number of hydrogen-bond acceptors (Lipinski definition) is 5. The molecule has 0 atom stereocenters. The summed E-state index contributed by atoms with van der Waals surface area (Å²) in [6, 6.07) is 12.5. The molecule has 1 aromatic heterocycles. The Morgan fingerprint density at radius 2 is 1.84 bits per heavy atom. The fourth-order valence-corrected chi connectivity index (χ4v) is 2.68. The van der Waals surface area contributed by atoms with Crippen molar-refractivity contribution >= 4 is 0 Å². The van der Waals surface area contributed by atoms with Crippen LogP contribution >= 0.6 is 0 Å². The van der Waals surface area contributed by atoms with Crippen LogP contribution in [-0.4, -0.2) is 35.2 Å². The van der Waals surface area contributed by atoms with Gasteiger partial charge in [0.1, 0.15) is 6.10 Å². The van der Waals surface area contributed by atoms with Crippen molar-refractivity contribution in [2.75, 3.05) is 14.2 Å². The van der Waals surface area contributed by atoms with Gasteiger partial charge < -0.3 is 4.74 Å². The van der Waals surface area contributed by atoms with E-state index in [1.807, 2.05) is 17.8 Å². The third kappa shape index (κ3) is 7.25. The molecule has 0 spiro atoms. The number of aromatic nitrogens is 2. The van der Waals surface area contributed by atoms with Crippen molar-refractivity contribution in [2.24, 2.45) is 12.9 Å². The maximum atomic E-state index is 5.94. The van der Waals surface area contributed by atoms with Crippen LogP contribution in [0.5, 0.6) is 5.88 Å². The molecule has 25 heavy (non-hydrogen) atoms. The molecule has 0 amide bonds. The number of hydroxylamine groups is 1. The molecule has 1 aliphatic carbocycles. The molecule has 3 rings (SSSR count). The van der Waals surface area contributed by atoms with Crippen LogP contribution in [0.4, 0.5) is 0 Å². The molecule has 6 nitrogen and oxygen atoms in total. The number of aryl methyl sites for hydroxylation is 1. The van der Waals surface area contributed by atoms with Crippen LogP contribution in [0.3, 0.4) is 0 Å². The van der Waals surface area contributed by atoms with E-state index in [-0.39, 0.29) is 7.43 Å². The molecular formula is C19H32N4O2. The molecule has 0 unspecified atom stereocenters. The molecule has 6 heteroatoms. The fraction of sp³-hybridized carbons (Fsp3) is 0.526. The van der Waals surface area contributed by atoms with Crippen LogP contribution in [-0.2, 0) is 18.3 Å². The van der Waals surface area contributed by atoms with E-state index in [0.717, 1.165) is 17.5 Å². The molecule has 1 heterocycles. The number of ether oxygens (including phenoxy) is 1. The average Bonchev–Trinajstić information content (AvgIpc) is 3.20. The normalized spacial score (nSPS) is 14.0. The van der Waals surface area contributed by atoms with Gasteiger partial charge in [0.25, 0.3) is 0 Å². The summed E-state index contributed by atoms with van der Waals surface area (Å²) in [6.45, 7) is 0. The molecule has 1 aromatic carbocycles.